The van der Waals surface area contributed by atoms with E-state index in [2.05, 4.69) is 55.2 Å². The number of hydrogen-bond donors (Lipinski definition) is 0. The Balaban J connectivity index is 2.49. The summed E-state index contributed by atoms with van der Waals surface area (Å²) in [6.45, 7) is 2.23. The Morgan fingerprint density at radius 3 is 1.44 bits per heavy atom. The van der Waals surface area contributed by atoms with Crippen molar-refractivity contribution in [1.82, 2.24) is 0 Å². The van der Waals surface area contributed by atoms with Gasteiger partial charge in [0, 0.05) is 0 Å². The van der Waals surface area contributed by atoms with Crippen LogP contribution in [0.25, 0.3) is 0 Å². The van der Waals surface area contributed by atoms with Crippen LogP contribution in [0.5, 0.6) is 0 Å². The molecule has 16 heavy (non-hydrogen) atoms. The zero-order valence-electron chi connectivity index (χ0n) is 9.68. The number of benzene rings is 2. The summed E-state index contributed by atoms with van der Waals surface area (Å²) in [4.78, 5) is 0. The molecule has 0 heterocycles. The summed E-state index contributed by atoms with van der Waals surface area (Å²) in [6.07, 6.45) is 0. The van der Waals surface area contributed by atoms with E-state index in [1.54, 1.807) is 0 Å². The molecule has 0 aromatic heterocycles. The molecule has 0 spiro atoms. The second kappa shape index (κ2) is 4.78. The third-order valence-corrected chi connectivity index (χ3v) is 6.74. The first kappa shape index (κ1) is 11.3. The average Bonchev–Trinajstić information content (AvgIpc) is 2.40. The molecule has 0 N–H and O–H groups in total. The van der Waals surface area contributed by atoms with Crippen molar-refractivity contribution < 1.29 is 4.52 Å². The zero-order chi connectivity index (χ0) is 11.4. The van der Waals surface area contributed by atoms with Gasteiger partial charge in [-0.2, -0.15) is 0 Å². The predicted molar refractivity (Wildman–Crippen MR) is 73.4 cm³/mol. The Morgan fingerprint density at radius 1 is 0.750 bits per heavy atom. The number of rotatable bonds is 3. The van der Waals surface area contributed by atoms with Crippen molar-refractivity contribution in [2.45, 2.75) is 0 Å². The number of hydrogen-bond acceptors (Lipinski definition) is 1. The van der Waals surface area contributed by atoms with Crippen molar-refractivity contribution in [1.29, 1.82) is 0 Å². The van der Waals surface area contributed by atoms with Gasteiger partial charge in [-0.1, -0.05) is 0 Å². The van der Waals surface area contributed by atoms with Crippen LogP contribution in [-0.2, 0) is 4.52 Å². The summed E-state index contributed by atoms with van der Waals surface area (Å²) in [7, 11) is -0.164. The molecule has 0 aliphatic carbocycles. The molecule has 0 aliphatic rings. The Bertz CT molecular complexity index is 399. The standard InChI is InChI=1S/C14H17OP/c1-15-16(2,13-9-5-3-6-10-13)14-11-7-4-8-12-14/h3-12,16H,1-2H3. The van der Waals surface area contributed by atoms with Gasteiger partial charge in [-0.05, 0) is 0 Å². The third kappa shape index (κ3) is 2.02. The minimum absolute atomic E-state index is 1.31. The van der Waals surface area contributed by atoms with Gasteiger partial charge >= 0.3 is 97.1 Å². The van der Waals surface area contributed by atoms with E-state index < -0.39 is 7.49 Å². The van der Waals surface area contributed by atoms with Crippen LogP contribution in [0.1, 0.15) is 0 Å². The van der Waals surface area contributed by atoms with E-state index in [1.807, 2.05) is 19.2 Å². The SMILES string of the molecule is CO[PH](C)(c1ccccc1)c1ccccc1. The van der Waals surface area contributed by atoms with Crippen LogP contribution in [0.3, 0.4) is 0 Å². The van der Waals surface area contributed by atoms with Crippen LogP contribution in [0.2, 0.25) is 0 Å². The molecule has 2 aromatic rings. The van der Waals surface area contributed by atoms with E-state index in [4.69, 9.17) is 4.52 Å². The maximum absolute atomic E-state index is 5.85. The zero-order valence-corrected chi connectivity index (χ0v) is 10.7. The van der Waals surface area contributed by atoms with E-state index in [-0.39, 0.29) is 0 Å². The van der Waals surface area contributed by atoms with Crippen LogP contribution >= 0.6 is 7.49 Å². The Morgan fingerprint density at radius 2 is 1.12 bits per heavy atom. The van der Waals surface area contributed by atoms with Gasteiger partial charge in [0.05, 0.1) is 0 Å². The van der Waals surface area contributed by atoms with E-state index in [1.165, 1.54) is 10.6 Å². The molecule has 0 radical (unpaired) electrons. The van der Waals surface area contributed by atoms with Gasteiger partial charge in [-0.15, -0.1) is 0 Å². The summed E-state index contributed by atoms with van der Waals surface area (Å²) in [5.74, 6) is 0. The van der Waals surface area contributed by atoms with E-state index >= 15 is 0 Å². The summed E-state index contributed by atoms with van der Waals surface area (Å²) >= 11 is 0. The maximum atomic E-state index is 5.85. The second-order valence-corrected chi connectivity index (χ2v) is 7.60. The van der Waals surface area contributed by atoms with Crippen molar-refractivity contribution >= 4 is 18.1 Å². The molecule has 0 unspecified atom stereocenters. The van der Waals surface area contributed by atoms with E-state index in [0.717, 1.165) is 0 Å². The van der Waals surface area contributed by atoms with Crippen LogP contribution in [0.15, 0.2) is 60.7 Å². The molecular formula is C14H17OP. The fourth-order valence-corrected chi connectivity index (χ4v) is 4.38. The van der Waals surface area contributed by atoms with Gasteiger partial charge in [0.15, 0.2) is 0 Å². The predicted octanol–water partition coefficient (Wildman–Crippen LogP) is 2.58. The monoisotopic (exact) mass is 232 g/mol. The first-order valence-corrected chi connectivity index (χ1v) is 7.84. The molecule has 1 nitrogen and oxygen atoms in total. The molecule has 0 saturated heterocycles. The van der Waals surface area contributed by atoms with Gasteiger partial charge in [0.2, 0.25) is 0 Å². The van der Waals surface area contributed by atoms with Gasteiger partial charge in [0.1, 0.15) is 0 Å². The van der Waals surface area contributed by atoms with Gasteiger partial charge < -0.3 is 0 Å². The van der Waals surface area contributed by atoms with Crippen LogP contribution in [-0.4, -0.2) is 13.8 Å². The average molecular weight is 232 g/mol. The molecule has 0 aliphatic heterocycles. The van der Waals surface area contributed by atoms with Crippen molar-refractivity contribution in [3.8, 4) is 0 Å². The molecule has 84 valence electrons. The molecule has 0 saturated carbocycles. The summed E-state index contributed by atoms with van der Waals surface area (Å²) in [6, 6.07) is 21.0. The van der Waals surface area contributed by atoms with E-state index in [9.17, 15) is 0 Å². The van der Waals surface area contributed by atoms with Gasteiger partial charge in [0.25, 0.3) is 0 Å². The molecule has 2 rings (SSSR count). The van der Waals surface area contributed by atoms with Gasteiger partial charge in [-0.3, -0.25) is 0 Å². The quantitative estimate of drug-likeness (QED) is 0.739. The first-order chi connectivity index (χ1) is 7.77. The molecule has 0 amide bonds. The normalized spacial score (nSPS) is 12.4. The van der Waals surface area contributed by atoms with Crippen LogP contribution in [0.4, 0.5) is 0 Å². The van der Waals surface area contributed by atoms with Gasteiger partial charge in [-0.25, -0.2) is 0 Å². The topological polar surface area (TPSA) is 9.23 Å². The molecule has 0 bridgehead atoms. The molecule has 0 atom stereocenters. The molecule has 2 aromatic carbocycles. The Kier molecular flexibility index (Phi) is 3.38. The van der Waals surface area contributed by atoms with Crippen molar-refractivity contribution in [3.63, 3.8) is 0 Å². The minimum atomic E-state index is -1.98. The molecular weight excluding hydrogens is 215 g/mol. The fraction of sp³-hybridized carbons (Fsp3) is 0.143. The molecule has 0 fully saturated rings. The first-order valence-electron chi connectivity index (χ1n) is 5.43. The van der Waals surface area contributed by atoms with Crippen molar-refractivity contribution in [2.75, 3.05) is 13.8 Å². The fourth-order valence-electron chi connectivity index (χ4n) is 1.91. The third-order valence-electron chi connectivity index (χ3n) is 3.06. The van der Waals surface area contributed by atoms with Crippen LogP contribution < -0.4 is 10.6 Å². The molecule has 2 heteroatoms. The van der Waals surface area contributed by atoms with Crippen LogP contribution in [0, 0.1) is 0 Å². The second-order valence-electron chi connectivity index (χ2n) is 3.97. The Hall–Kier alpha value is -1.17. The van der Waals surface area contributed by atoms with Crippen molar-refractivity contribution in [2.24, 2.45) is 0 Å². The summed E-state index contributed by atoms with van der Waals surface area (Å²) in [5.41, 5.74) is 0. The van der Waals surface area contributed by atoms with E-state index in [0.29, 0.717) is 0 Å². The van der Waals surface area contributed by atoms with Crippen molar-refractivity contribution in [3.05, 3.63) is 60.7 Å². The Labute approximate surface area is 97.5 Å². The summed E-state index contributed by atoms with van der Waals surface area (Å²) < 4.78 is 5.85. The summed E-state index contributed by atoms with van der Waals surface area (Å²) in [5, 5.41) is 2.62.